The fraction of sp³-hybridized carbons (Fsp3) is 0.500. The smallest absolute Gasteiger partial charge is 0.309 e. The molecule has 0 saturated carbocycles. The molecule has 0 radical (unpaired) electrons. The molecule has 5 heteroatoms. The minimum absolute atomic E-state index is 0.000379. The Morgan fingerprint density at radius 1 is 1.33 bits per heavy atom. The maximum absolute atomic E-state index is 12.4. The molecule has 2 rings (SSSR count). The number of likely N-dealkylation sites (tertiary alicyclic amines) is 1. The highest BCUT2D eigenvalue weighted by Gasteiger charge is 2.28. The first kappa shape index (κ1) is 15.4. The van der Waals surface area contributed by atoms with Gasteiger partial charge in [0.2, 0.25) is 0 Å². The molecule has 1 fully saturated rings. The van der Waals surface area contributed by atoms with Gasteiger partial charge in [0.15, 0.2) is 0 Å². The van der Waals surface area contributed by atoms with Crippen molar-refractivity contribution in [1.29, 1.82) is 0 Å². The van der Waals surface area contributed by atoms with Gasteiger partial charge in [0.05, 0.1) is 12.5 Å². The summed E-state index contributed by atoms with van der Waals surface area (Å²) in [5.74, 6) is -0.226. The molecule has 0 aliphatic carbocycles. The molecule has 2 N–H and O–H groups in total. The number of esters is 1. The lowest BCUT2D eigenvalue weighted by Crippen LogP contribution is -2.40. The third-order valence-electron chi connectivity index (χ3n) is 3.92. The number of amides is 1. The van der Waals surface area contributed by atoms with Crippen molar-refractivity contribution < 1.29 is 14.3 Å². The minimum atomic E-state index is -0.145. The highest BCUT2D eigenvalue weighted by atomic mass is 16.5. The largest absolute Gasteiger partial charge is 0.466 e. The van der Waals surface area contributed by atoms with E-state index in [2.05, 4.69) is 0 Å². The Morgan fingerprint density at radius 2 is 2.00 bits per heavy atom. The van der Waals surface area contributed by atoms with E-state index in [1.807, 2.05) is 13.0 Å². The molecule has 0 aromatic heterocycles. The number of hydrogen-bond donors (Lipinski definition) is 1. The predicted octanol–water partition coefficient (Wildman–Crippen LogP) is 1.99. The quantitative estimate of drug-likeness (QED) is 0.682. The molecule has 0 atom stereocenters. The van der Waals surface area contributed by atoms with E-state index in [1.165, 1.54) is 0 Å². The SMILES string of the molecule is CCOC(=O)C1CCN(C(=O)c2ccc(N)c(C)c2)CC1. The summed E-state index contributed by atoms with van der Waals surface area (Å²) in [5, 5.41) is 0. The molecule has 1 aliphatic rings. The van der Waals surface area contributed by atoms with Crippen LogP contribution in [0.3, 0.4) is 0 Å². The van der Waals surface area contributed by atoms with Gasteiger partial charge in [0.25, 0.3) is 5.91 Å². The van der Waals surface area contributed by atoms with Gasteiger partial charge < -0.3 is 15.4 Å². The Kier molecular flexibility index (Phi) is 4.83. The van der Waals surface area contributed by atoms with E-state index in [4.69, 9.17) is 10.5 Å². The molecule has 1 aromatic carbocycles. The molecular formula is C16H22N2O3. The molecule has 1 amide bonds. The van der Waals surface area contributed by atoms with E-state index in [-0.39, 0.29) is 17.8 Å². The van der Waals surface area contributed by atoms with Crippen LogP contribution in [0.15, 0.2) is 18.2 Å². The lowest BCUT2D eigenvalue weighted by molar-refractivity contribution is -0.149. The summed E-state index contributed by atoms with van der Waals surface area (Å²) in [5.41, 5.74) is 8.01. The van der Waals surface area contributed by atoms with E-state index in [0.717, 1.165) is 5.56 Å². The second kappa shape index (κ2) is 6.61. The highest BCUT2D eigenvalue weighted by Crippen LogP contribution is 2.21. The molecule has 0 bridgehead atoms. The molecular weight excluding hydrogens is 268 g/mol. The van der Waals surface area contributed by atoms with Gasteiger partial charge in [0, 0.05) is 24.3 Å². The van der Waals surface area contributed by atoms with Gasteiger partial charge in [-0.25, -0.2) is 0 Å². The lowest BCUT2D eigenvalue weighted by atomic mass is 9.96. The Balaban J connectivity index is 1.97. The van der Waals surface area contributed by atoms with E-state index < -0.39 is 0 Å². The van der Waals surface area contributed by atoms with E-state index >= 15 is 0 Å². The lowest BCUT2D eigenvalue weighted by Gasteiger charge is -2.31. The average Bonchev–Trinajstić information content (AvgIpc) is 2.50. The Labute approximate surface area is 125 Å². The molecule has 1 aliphatic heterocycles. The Hall–Kier alpha value is -2.04. The summed E-state index contributed by atoms with van der Waals surface area (Å²) in [4.78, 5) is 25.9. The van der Waals surface area contributed by atoms with E-state index in [9.17, 15) is 9.59 Å². The monoisotopic (exact) mass is 290 g/mol. The molecule has 1 saturated heterocycles. The van der Waals surface area contributed by atoms with Gasteiger partial charge >= 0.3 is 5.97 Å². The van der Waals surface area contributed by atoms with Crippen LogP contribution in [-0.2, 0) is 9.53 Å². The first-order valence-corrected chi connectivity index (χ1v) is 7.35. The summed E-state index contributed by atoms with van der Waals surface area (Å²) in [6.07, 6.45) is 1.33. The second-order valence-corrected chi connectivity index (χ2v) is 5.39. The maximum atomic E-state index is 12.4. The number of piperidine rings is 1. The summed E-state index contributed by atoms with van der Waals surface area (Å²) < 4.78 is 5.03. The Morgan fingerprint density at radius 3 is 2.57 bits per heavy atom. The Bertz CT molecular complexity index is 534. The van der Waals surface area contributed by atoms with Crippen molar-refractivity contribution in [2.75, 3.05) is 25.4 Å². The number of ether oxygens (including phenoxy) is 1. The number of carbonyl (C=O) groups is 2. The number of hydrogen-bond acceptors (Lipinski definition) is 4. The van der Waals surface area contributed by atoms with Gasteiger partial charge in [0.1, 0.15) is 0 Å². The van der Waals surface area contributed by atoms with Crippen molar-refractivity contribution in [3.05, 3.63) is 29.3 Å². The van der Waals surface area contributed by atoms with E-state index in [0.29, 0.717) is 43.8 Å². The molecule has 0 unspecified atom stereocenters. The maximum Gasteiger partial charge on any atom is 0.309 e. The number of carbonyl (C=O) groups excluding carboxylic acids is 2. The first-order valence-electron chi connectivity index (χ1n) is 7.35. The first-order chi connectivity index (χ1) is 10.0. The van der Waals surface area contributed by atoms with Crippen LogP contribution >= 0.6 is 0 Å². The van der Waals surface area contributed by atoms with Crippen molar-refractivity contribution in [2.24, 2.45) is 5.92 Å². The number of benzene rings is 1. The summed E-state index contributed by atoms with van der Waals surface area (Å²) in [6, 6.07) is 5.32. The molecule has 114 valence electrons. The fourth-order valence-electron chi connectivity index (χ4n) is 2.57. The third-order valence-corrected chi connectivity index (χ3v) is 3.92. The predicted molar refractivity (Wildman–Crippen MR) is 80.9 cm³/mol. The number of anilines is 1. The van der Waals surface area contributed by atoms with Crippen LogP contribution in [0, 0.1) is 12.8 Å². The van der Waals surface area contributed by atoms with Gasteiger partial charge in [-0.05, 0) is 50.5 Å². The molecule has 0 spiro atoms. The number of nitrogens with two attached hydrogens (primary N) is 1. The number of rotatable bonds is 3. The van der Waals surface area contributed by atoms with Crippen molar-refractivity contribution >= 4 is 17.6 Å². The van der Waals surface area contributed by atoms with Gasteiger partial charge in [-0.2, -0.15) is 0 Å². The van der Waals surface area contributed by atoms with Crippen molar-refractivity contribution in [1.82, 2.24) is 4.90 Å². The third kappa shape index (κ3) is 3.54. The standard InChI is InChI=1S/C16H22N2O3/c1-3-21-16(20)12-6-8-18(9-7-12)15(19)13-4-5-14(17)11(2)10-13/h4-5,10,12H,3,6-9,17H2,1-2H3. The highest BCUT2D eigenvalue weighted by molar-refractivity contribution is 5.95. The zero-order valence-electron chi connectivity index (χ0n) is 12.6. The van der Waals surface area contributed by atoms with Crippen molar-refractivity contribution in [3.8, 4) is 0 Å². The second-order valence-electron chi connectivity index (χ2n) is 5.39. The van der Waals surface area contributed by atoms with Crippen LogP contribution < -0.4 is 5.73 Å². The van der Waals surface area contributed by atoms with E-state index in [1.54, 1.807) is 24.0 Å². The fourth-order valence-corrected chi connectivity index (χ4v) is 2.57. The van der Waals surface area contributed by atoms with Crippen LogP contribution in [0.4, 0.5) is 5.69 Å². The van der Waals surface area contributed by atoms with Crippen molar-refractivity contribution in [3.63, 3.8) is 0 Å². The number of nitrogen functional groups attached to an aromatic ring is 1. The van der Waals surface area contributed by atoms with Crippen LogP contribution in [0.2, 0.25) is 0 Å². The van der Waals surface area contributed by atoms with Gasteiger partial charge in [-0.1, -0.05) is 0 Å². The zero-order valence-corrected chi connectivity index (χ0v) is 12.6. The van der Waals surface area contributed by atoms with Crippen LogP contribution in [-0.4, -0.2) is 36.5 Å². The molecule has 1 aromatic rings. The molecule has 21 heavy (non-hydrogen) atoms. The number of nitrogens with zero attached hydrogens (tertiary/aromatic N) is 1. The summed E-state index contributed by atoms with van der Waals surface area (Å²) in [7, 11) is 0. The number of aryl methyl sites for hydroxylation is 1. The molecule has 1 heterocycles. The van der Waals surface area contributed by atoms with Gasteiger partial charge in [-0.15, -0.1) is 0 Å². The van der Waals surface area contributed by atoms with Crippen molar-refractivity contribution in [2.45, 2.75) is 26.7 Å². The van der Waals surface area contributed by atoms with Crippen LogP contribution in [0.25, 0.3) is 0 Å². The minimum Gasteiger partial charge on any atom is -0.466 e. The summed E-state index contributed by atoms with van der Waals surface area (Å²) >= 11 is 0. The summed E-state index contributed by atoms with van der Waals surface area (Å²) in [6.45, 7) is 5.28. The molecule has 5 nitrogen and oxygen atoms in total. The normalized spacial score (nSPS) is 15.8. The van der Waals surface area contributed by atoms with Crippen LogP contribution in [0.5, 0.6) is 0 Å². The van der Waals surface area contributed by atoms with Gasteiger partial charge in [-0.3, -0.25) is 9.59 Å². The zero-order chi connectivity index (χ0) is 15.4. The van der Waals surface area contributed by atoms with Crippen LogP contribution in [0.1, 0.15) is 35.7 Å². The average molecular weight is 290 g/mol. The topological polar surface area (TPSA) is 72.6 Å².